The average molecular weight is 210 g/mol. The third-order valence-corrected chi connectivity index (χ3v) is 1.68. The second kappa shape index (κ2) is 6.03. The van der Waals surface area contributed by atoms with E-state index >= 15 is 0 Å². The van der Waals surface area contributed by atoms with Gasteiger partial charge in [-0.1, -0.05) is 0 Å². The van der Waals surface area contributed by atoms with E-state index in [1.807, 2.05) is 6.92 Å². The number of aliphatic hydroxyl groups is 1. The Hall–Kier alpha value is -1.55. The van der Waals surface area contributed by atoms with E-state index in [4.69, 9.17) is 14.6 Å². The summed E-state index contributed by atoms with van der Waals surface area (Å²) in [6, 6.07) is 6.76. The zero-order valence-electron chi connectivity index (χ0n) is 8.60. The summed E-state index contributed by atoms with van der Waals surface area (Å²) in [7, 11) is 0. The topological polar surface area (TPSA) is 55.8 Å². The predicted molar refractivity (Wildman–Crippen MR) is 54.9 cm³/mol. The lowest BCUT2D eigenvalue weighted by Gasteiger charge is -2.05. The second-order valence-corrected chi connectivity index (χ2v) is 2.85. The molecule has 0 saturated carbocycles. The van der Waals surface area contributed by atoms with Crippen LogP contribution in [0.25, 0.3) is 0 Å². The van der Waals surface area contributed by atoms with Gasteiger partial charge in [-0.3, -0.25) is 4.79 Å². The van der Waals surface area contributed by atoms with Crippen LogP contribution in [-0.4, -0.2) is 24.3 Å². The van der Waals surface area contributed by atoms with Crippen LogP contribution in [0, 0.1) is 0 Å². The lowest BCUT2D eigenvalue weighted by atomic mass is 10.3. The highest BCUT2D eigenvalue weighted by Gasteiger charge is 2.03. The molecule has 1 rings (SSSR count). The highest BCUT2D eigenvalue weighted by molar-refractivity contribution is 5.72. The molecule has 0 aliphatic rings. The maximum absolute atomic E-state index is 11.0. The first-order chi connectivity index (χ1) is 7.26. The molecule has 15 heavy (non-hydrogen) atoms. The van der Waals surface area contributed by atoms with E-state index in [-0.39, 0.29) is 13.0 Å². The molecular weight excluding hydrogens is 196 g/mol. The van der Waals surface area contributed by atoms with E-state index in [1.165, 1.54) is 0 Å². The molecule has 0 bridgehead atoms. The Balaban J connectivity index is 2.52. The first-order valence-corrected chi connectivity index (χ1v) is 4.80. The molecule has 0 amide bonds. The summed E-state index contributed by atoms with van der Waals surface area (Å²) in [6.45, 7) is 2.30. The van der Waals surface area contributed by atoms with E-state index < -0.39 is 5.97 Å². The fourth-order valence-corrected chi connectivity index (χ4v) is 1.04. The van der Waals surface area contributed by atoms with Gasteiger partial charge in [0.15, 0.2) is 0 Å². The molecule has 4 nitrogen and oxygen atoms in total. The zero-order chi connectivity index (χ0) is 11.1. The second-order valence-electron chi connectivity index (χ2n) is 2.85. The van der Waals surface area contributed by atoms with Crippen molar-refractivity contribution < 1.29 is 19.4 Å². The Labute approximate surface area is 88.4 Å². The highest BCUT2D eigenvalue weighted by atomic mass is 16.5. The smallest absolute Gasteiger partial charge is 0.313 e. The summed E-state index contributed by atoms with van der Waals surface area (Å²) in [5, 5.41) is 8.51. The Morgan fingerprint density at radius 3 is 2.40 bits per heavy atom. The molecule has 0 heterocycles. The largest absolute Gasteiger partial charge is 0.494 e. The molecule has 0 unspecified atom stereocenters. The van der Waals surface area contributed by atoms with Crippen LogP contribution in [0.4, 0.5) is 0 Å². The number of carbonyl (C=O) groups excluding carboxylic acids is 1. The summed E-state index contributed by atoms with van der Waals surface area (Å²) >= 11 is 0. The molecule has 0 aliphatic heterocycles. The first kappa shape index (κ1) is 11.5. The van der Waals surface area contributed by atoms with E-state index in [0.29, 0.717) is 12.4 Å². The van der Waals surface area contributed by atoms with Crippen molar-refractivity contribution in [1.82, 2.24) is 0 Å². The van der Waals surface area contributed by atoms with Crippen LogP contribution in [0.1, 0.15) is 13.3 Å². The van der Waals surface area contributed by atoms with Gasteiger partial charge in [-0.2, -0.15) is 0 Å². The summed E-state index contributed by atoms with van der Waals surface area (Å²) in [5.74, 6) is 0.748. The van der Waals surface area contributed by atoms with Gasteiger partial charge in [0, 0.05) is 0 Å². The molecule has 4 heteroatoms. The van der Waals surface area contributed by atoms with Crippen molar-refractivity contribution in [2.24, 2.45) is 0 Å². The van der Waals surface area contributed by atoms with Crippen molar-refractivity contribution in [3.63, 3.8) is 0 Å². The summed E-state index contributed by atoms with van der Waals surface area (Å²) < 4.78 is 10.2. The minimum Gasteiger partial charge on any atom is -0.494 e. The normalized spacial score (nSPS) is 9.73. The SMILES string of the molecule is CCOc1ccc(OC(=O)CCO)cc1. The van der Waals surface area contributed by atoms with Gasteiger partial charge >= 0.3 is 5.97 Å². The van der Waals surface area contributed by atoms with Crippen LogP contribution in [0.2, 0.25) is 0 Å². The fourth-order valence-electron chi connectivity index (χ4n) is 1.04. The van der Waals surface area contributed by atoms with Crippen molar-refractivity contribution in [1.29, 1.82) is 0 Å². The third kappa shape index (κ3) is 3.99. The fraction of sp³-hybridized carbons (Fsp3) is 0.364. The van der Waals surface area contributed by atoms with Gasteiger partial charge < -0.3 is 14.6 Å². The van der Waals surface area contributed by atoms with Crippen LogP contribution in [0.3, 0.4) is 0 Å². The van der Waals surface area contributed by atoms with Crippen LogP contribution in [0.15, 0.2) is 24.3 Å². The quantitative estimate of drug-likeness (QED) is 0.589. The molecule has 0 spiro atoms. The maximum atomic E-state index is 11.0. The van der Waals surface area contributed by atoms with Crippen LogP contribution in [0.5, 0.6) is 11.5 Å². The van der Waals surface area contributed by atoms with E-state index in [2.05, 4.69) is 0 Å². The molecule has 0 aromatic heterocycles. The molecule has 0 fully saturated rings. The molecule has 0 aliphatic carbocycles. The van der Waals surface area contributed by atoms with Crippen molar-refractivity contribution in [3.05, 3.63) is 24.3 Å². The number of carbonyl (C=O) groups is 1. The van der Waals surface area contributed by atoms with Gasteiger partial charge in [0.05, 0.1) is 19.6 Å². The van der Waals surface area contributed by atoms with Crippen LogP contribution < -0.4 is 9.47 Å². The molecule has 0 saturated heterocycles. The van der Waals surface area contributed by atoms with Crippen molar-refractivity contribution in [2.75, 3.05) is 13.2 Å². The van der Waals surface area contributed by atoms with Gasteiger partial charge in [0.2, 0.25) is 0 Å². The van der Waals surface area contributed by atoms with Gasteiger partial charge in [0.1, 0.15) is 11.5 Å². The Kier molecular flexibility index (Phi) is 4.63. The van der Waals surface area contributed by atoms with Crippen molar-refractivity contribution in [3.8, 4) is 11.5 Å². The predicted octanol–water partition coefficient (Wildman–Crippen LogP) is 1.37. The number of rotatable bonds is 5. The number of hydrogen-bond donors (Lipinski definition) is 1. The van der Waals surface area contributed by atoms with Crippen molar-refractivity contribution in [2.45, 2.75) is 13.3 Å². The van der Waals surface area contributed by atoms with Gasteiger partial charge in [0.25, 0.3) is 0 Å². The molecular formula is C11H14O4. The van der Waals surface area contributed by atoms with Gasteiger partial charge in [-0.25, -0.2) is 0 Å². The number of aliphatic hydroxyl groups excluding tert-OH is 1. The molecule has 1 aromatic rings. The number of benzene rings is 1. The van der Waals surface area contributed by atoms with E-state index in [0.717, 1.165) is 5.75 Å². The minimum absolute atomic E-state index is 0.00715. The number of esters is 1. The summed E-state index contributed by atoms with van der Waals surface area (Å²) in [5.41, 5.74) is 0. The Bertz CT molecular complexity index is 305. The third-order valence-electron chi connectivity index (χ3n) is 1.68. The number of hydrogen-bond acceptors (Lipinski definition) is 4. The molecule has 1 N–H and O–H groups in total. The Morgan fingerprint density at radius 1 is 1.27 bits per heavy atom. The Morgan fingerprint density at radius 2 is 1.87 bits per heavy atom. The van der Waals surface area contributed by atoms with Crippen molar-refractivity contribution >= 4 is 5.97 Å². The lowest BCUT2D eigenvalue weighted by Crippen LogP contribution is -2.09. The summed E-state index contributed by atoms with van der Waals surface area (Å²) in [6.07, 6.45) is 0.00715. The van der Waals surface area contributed by atoms with E-state index in [1.54, 1.807) is 24.3 Å². The molecule has 0 radical (unpaired) electrons. The lowest BCUT2D eigenvalue weighted by molar-refractivity contribution is -0.135. The molecule has 82 valence electrons. The monoisotopic (exact) mass is 210 g/mol. The minimum atomic E-state index is -0.443. The van der Waals surface area contributed by atoms with Gasteiger partial charge in [-0.15, -0.1) is 0 Å². The van der Waals surface area contributed by atoms with E-state index in [9.17, 15) is 4.79 Å². The van der Waals surface area contributed by atoms with Crippen LogP contribution >= 0.6 is 0 Å². The number of ether oxygens (including phenoxy) is 2. The molecule has 0 atom stereocenters. The maximum Gasteiger partial charge on any atom is 0.313 e. The summed E-state index contributed by atoms with van der Waals surface area (Å²) in [4.78, 5) is 11.0. The molecule has 1 aromatic carbocycles. The average Bonchev–Trinajstić information content (AvgIpc) is 2.22. The van der Waals surface area contributed by atoms with Crippen LogP contribution in [-0.2, 0) is 4.79 Å². The first-order valence-electron chi connectivity index (χ1n) is 4.80. The highest BCUT2D eigenvalue weighted by Crippen LogP contribution is 2.17. The van der Waals surface area contributed by atoms with Gasteiger partial charge in [-0.05, 0) is 31.2 Å². The zero-order valence-corrected chi connectivity index (χ0v) is 8.60. The standard InChI is InChI=1S/C11H14O4/c1-2-14-9-3-5-10(6-4-9)15-11(13)7-8-12/h3-6,12H,2,7-8H2,1H3.